The van der Waals surface area contributed by atoms with Crippen molar-refractivity contribution in [3.63, 3.8) is 0 Å². The maximum Gasteiger partial charge on any atom is 0.573 e. The van der Waals surface area contributed by atoms with Crippen molar-refractivity contribution >= 4 is 17.6 Å². The van der Waals surface area contributed by atoms with E-state index in [2.05, 4.69) is 14.5 Å². The van der Waals surface area contributed by atoms with Crippen molar-refractivity contribution in [3.8, 4) is 5.75 Å². The SMILES string of the molecule is CCOC(=O)Cc1cc(OC(F)(F)F)c(C(F)F)c(CCl)n1. The number of rotatable bonds is 6. The molecule has 0 bridgehead atoms. The first-order chi connectivity index (χ1) is 10.2. The number of pyridine rings is 1. The highest BCUT2D eigenvalue weighted by molar-refractivity contribution is 6.17. The van der Waals surface area contributed by atoms with Crippen LogP contribution in [0.25, 0.3) is 0 Å². The molecule has 0 N–H and O–H groups in total. The Hall–Kier alpha value is -1.64. The van der Waals surface area contributed by atoms with Crippen LogP contribution in [0.4, 0.5) is 22.0 Å². The Morgan fingerprint density at radius 1 is 1.41 bits per heavy atom. The number of hydrogen-bond acceptors (Lipinski definition) is 4. The van der Waals surface area contributed by atoms with Gasteiger partial charge >= 0.3 is 12.3 Å². The van der Waals surface area contributed by atoms with Gasteiger partial charge in [-0.25, -0.2) is 8.78 Å². The fraction of sp³-hybridized carbons (Fsp3) is 0.500. The van der Waals surface area contributed by atoms with E-state index < -0.39 is 48.1 Å². The molecule has 0 aliphatic rings. The van der Waals surface area contributed by atoms with Crippen LogP contribution < -0.4 is 4.74 Å². The van der Waals surface area contributed by atoms with Crippen molar-refractivity contribution in [3.05, 3.63) is 23.0 Å². The molecule has 0 spiro atoms. The van der Waals surface area contributed by atoms with Crippen LogP contribution in [0.3, 0.4) is 0 Å². The molecule has 22 heavy (non-hydrogen) atoms. The van der Waals surface area contributed by atoms with E-state index in [1.807, 2.05) is 0 Å². The van der Waals surface area contributed by atoms with Crippen molar-refractivity contribution in [1.29, 1.82) is 0 Å². The first-order valence-corrected chi connectivity index (χ1v) is 6.49. The van der Waals surface area contributed by atoms with Crippen LogP contribution in [0.2, 0.25) is 0 Å². The van der Waals surface area contributed by atoms with Gasteiger partial charge in [-0.3, -0.25) is 9.78 Å². The predicted octanol–water partition coefficient (Wildman–Crippen LogP) is 3.76. The highest BCUT2D eigenvalue weighted by Crippen LogP contribution is 2.36. The molecule has 0 unspecified atom stereocenters. The molecule has 0 saturated carbocycles. The second-order valence-electron chi connectivity index (χ2n) is 3.94. The molecule has 1 aromatic heterocycles. The minimum atomic E-state index is -5.17. The van der Waals surface area contributed by atoms with Crippen LogP contribution >= 0.6 is 11.6 Å². The molecule has 1 aromatic rings. The van der Waals surface area contributed by atoms with E-state index in [1.54, 1.807) is 0 Å². The van der Waals surface area contributed by atoms with Gasteiger partial charge in [0.05, 0.1) is 35.9 Å². The number of ether oxygens (including phenoxy) is 2. The summed E-state index contributed by atoms with van der Waals surface area (Å²) in [6.45, 7) is 1.59. The van der Waals surface area contributed by atoms with Gasteiger partial charge in [-0.2, -0.15) is 0 Å². The third kappa shape index (κ3) is 5.28. The summed E-state index contributed by atoms with van der Waals surface area (Å²) in [4.78, 5) is 15.0. The smallest absolute Gasteiger partial charge is 0.466 e. The molecule has 1 rings (SSSR count). The summed E-state index contributed by atoms with van der Waals surface area (Å²) in [6.07, 6.45) is -8.93. The Labute approximate surface area is 127 Å². The van der Waals surface area contributed by atoms with Crippen molar-refractivity contribution in [2.24, 2.45) is 0 Å². The van der Waals surface area contributed by atoms with Gasteiger partial charge in [0.15, 0.2) is 0 Å². The second kappa shape index (κ2) is 7.57. The molecule has 0 amide bonds. The summed E-state index contributed by atoms with van der Waals surface area (Å²) in [5.41, 5.74) is -1.75. The molecular weight excluding hydrogens is 337 g/mol. The van der Waals surface area contributed by atoms with E-state index in [0.717, 1.165) is 0 Å². The molecule has 0 radical (unpaired) electrons. The van der Waals surface area contributed by atoms with Crippen molar-refractivity contribution in [2.75, 3.05) is 6.61 Å². The largest absolute Gasteiger partial charge is 0.573 e. The summed E-state index contributed by atoms with van der Waals surface area (Å²) in [6, 6.07) is 0.627. The number of aromatic nitrogens is 1. The van der Waals surface area contributed by atoms with E-state index in [-0.39, 0.29) is 12.3 Å². The summed E-state index contributed by atoms with van der Waals surface area (Å²) >= 11 is 5.44. The highest BCUT2D eigenvalue weighted by Gasteiger charge is 2.34. The summed E-state index contributed by atoms with van der Waals surface area (Å²) in [5, 5.41) is 0. The summed E-state index contributed by atoms with van der Waals surface area (Å²) in [7, 11) is 0. The van der Waals surface area contributed by atoms with Gasteiger partial charge in [-0.05, 0) is 6.92 Å². The molecule has 4 nitrogen and oxygen atoms in total. The topological polar surface area (TPSA) is 48.4 Å². The monoisotopic (exact) mass is 347 g/mol. The fourth-order valence-electron chi connectivity index (χ4n) is 1.63. The Morgan fingerprint density at radius 2 is 2.05 bits per heavy atom. The van der Waals surface area contributed by atoms with Crippen LogP contribution in [0.1, 0.15) is 30.3 Å². The summed E-state index contributed by atoms with van der Waals surface area (Å²) in [5.74, 6) is -2.46. The molecule has 124 valence electrons. The minimum Gasteiger partial charge on any atom is -0.466 e. The number of alkyl halides is 6. The highest BCUT2D eigenvalue weighted by atomic mass is 35.5. The minimum absolute atomic E-state index is 0.0578. The predicted molar refractivity (Wildman–Crippen MR) is 65.8 cm³/mol. The third-order valence-electron chi connectivity index (χ3n) is 2.35. The number of esters is 1. The van der Waals surface area contributed by atoms with E-state index >= 15 is 0 Å². The lowest BCUT2D eigenvalue weighted by Crippen LogP contribution is -2.20. The van der Waals surface area contributed by atoms with Crippen molar-refractivity contribution < 1.29 is 36.2 Å². The van der Waals surface area contributed by atoms with Crippen LogP contribution in [0.15, 0.2) is 6.07 Å². The lowest BCUT2D eigenvalue weighted by Gasteiger charge is -2.16. The molecule has 0 aliphatic carbocycles. The molecule has 0 fully saturated rings. The lowest BCUT2D eigenvalue weighted by atomic mass is 10.1. The van der Waals surface area contributed by atoms with Crippen LogP contribution in [-0.2, 0) is 21.8 Å². The van der Waals surface area contributed by atoms with Gasteiger partial charge in [0, 0.05) is 6.07 Å². The maximum atomic E-state index is 12.9. The zero-order chi connectivity index (χ0) is 16.9. The third-order valence-corrected chi connectivity index (χ3v) is 2.61. The Balaban J connectivity index is 3.27. The Morgan fingerprint density at radius 3 is 2.50 bits per heavy atom. The second-order valence-corrected chi connectivity index (χ2v) is 4.20. The average molecular weight is 348 g/mol. The zero-order valence-corrected chi connectivity index (χ0v) is 12.0. The lowest BCUT2D eigenvalue weighted by molar-refractivity contribution is -0.275. The van der Waals surface area contributed by atoms with E-state index in [4.69, 9.17) is 11.6 Å². The summed E-state index contributed by atoms with van der Waals surface area (Å²) < 4.78 is 71.0. The Bertz CT molecular complexity index is 536. The van der Waals surface area contributed by atoms with Gasteiger partial charge in [0.1, 0.15) is 5.75 Å². The number of hydrogen-bond donors (Lipinski definition) is 0. The van der Waals surface area contributed by atoms with E-state index in [9.17, 15) is 26.7 Å². The number of carbonyl (C=O) groups excluding carboxylic acids is 1. The number of carbonyl (C=O) groups is 1. The standard InChI is InChI=1S/C12H11ClF5NO3/c1-2-21-9(20)4-6-3-8(22-12(16,17)18)10(11(14)15)7(5-13)19-6/h3,11H,2,4-5H2,1H3. The molecule has 0 atom stereocenters. The molecule has 0 aromatic carbocycles. The van der Waals surface area contributed by atoms with Gasteiger partial charge in [-0.1, -0.05) is 0 Å². The van der Waals surface area contributed by atoms with Gasteiger partial charge in [0.25, 0.3) is 6.43 Å². The van der Waals surface area contributed by atoms with Crippen molar-refractivity contribution in [1.82, 2.24) is 4.98 Å². The first-order valence-electron chi connectivity index (χ1n) is 5.96. The van der Waals surface area contributed by atoms with E-state index in [0.29, 0.717) is 6.07 Å². The number of halogens is 6. The first kappa shape index (κ1) is 18.4. The van der Waals surface area contributed by atoms with Crippen LogP contribution in [-0.4, -0.2) is 23.9 Å². The van der Waals surface area contributed by atoms with Crippen LogP contribution in [0, 0.1) is 0 Å². The van der Waals surface area contributed by atoms with Crippen LogP contribution in [0.5, 0.6) is 5.75 Å². The Kier molecular flexibility index (Phi) is 6.34. The maximum absolute atomic E-state index is 12.9. The average Bonchev–Trinajstić information content (AvgIpc) is 2.35. The molecule has 0 aliphatic heterocycles. The van der Waals surface area contributed by atoms with Gasteiger partial charge < -0.3 is 9.47 Å². The normalized spacial score (nSPS) is 11.6. The van der Waals surface area contributed by atoms with Gasteiger partial charge in [-0.15, -0.1) is 24.8 Å². The van der Waals surface area contributed by atoms with Gasteiger partial charge in [0.2, 0.25) is 0 Å². The molecule has 0 saturated heterocycles. The molecule has 1 heterocycles. The zero-order valence-electron chi connectivity index (χ0n) is 11.2. The molecular formula is C12H11ClF5NO3. The van der Waals surface area contributed by atoms with E-state index in [1.165, 1.54) is 6.92 Å². The quantitative estimate of drug-likeness (QED) is 0.446. The fourth-order valence-corrected chi connectivity index (χ4v) is 1.84. The van der Waals surface area contributed by atoms with Crippen molar-refractivity contribution in [2.45, 2.75) is 32.0 Å². The number of nitrogens with zero attached hydrogens (tertiary/aromatic N) is 1. The molecule has 10 heteroatoms.